The molecule has 0 bridgehead atoms. The summed E-state index contributed by atoms with van der Waals surface area (Å²) < 4.78 is 9.93. The van der Waals surface area contributed by atoms with E-state index in [1.807, 2.05) is 0 Å². The summed E-state index contributed by atoms with van der Waals surface area (Å²) >= 11 is 0. The predicted molar refractivity (Wildman–Crippen MR) is 73.2 cm³/mol. The predicted octanol–water partition coefficient (Wildman–Crippen LogP) is 2.26. The van der Waals surface area contributed by atoms with Crippen molar-refractivity contribution in [2.45, 2.75) is 0 Å². The lowest BCUT2D eigenvalue weighted by molar-refractivity contribution is -0.115. The van der Waals surface area contributed by atoms with Gasteiger partial charge in [0.15, 0.2) is 0 Å². The van der Waals surface area contributed by atoms with Gasteiger partial charge in [0.1, 0.15) is 5.75 Å². The zero-order chi connectivity index (χ0) is 14.4. The molecule has 0 spiro atoms. The van der Waals surface area contributed by atoms with E-state index < -0.39 is 11.8 Å². The number of methoxy groups -OCH3 is 1. The second kappa shape index (κ2) is 6.38. The molecule has 0 aliphatic heterocycles. The normalized spacial score (nSPS) is 10.4. The van der Waals surface area contributed by atoms with Gasteiger partial charge in [0.25, 0.3) is 11.8 Å². The van der Waals surface area contributed by atoms with E-state index in [0.29, 0.717) is 11.3 Å². The third-order valence-corrected chi connectivity index (χ3v) is 2.56. The quantitative estimate of drug-likeness (QED) is 0.866. The summed E-state index contributed by atoms with van der Waals surface area (Å²) in [5.74, 6) is -0.608. The van der Waals surface area contributed by atoms with E-state index in [0.717, 1.165) is 5.56 Å². The van der Waals surface area contributed by atoms with Crippen LogP contribution in [0.5, 0.6) is 5.75 Å². The molecule has 102 valence electrons. The molecular formula is C15H13NO4. The molecule has 20 heavy (non-hydrogen) atoms. The maximum absolute atomic E-state index is 11.9. The van der Waals surface area contributed by atoms with Gasteiger partial charge < -0.3 is 9.15 Å². The summed E-state index contributed by atoms with van der Waals surface area (Å²) in [6.45, 7) is 0. The molecular weight excluding hydrogens is 258 g/mol. The van der Waals surface area contributed by atoms with Crippen molar-refractivity contribution in [2.24, 2.45) is 0 Å². The Labute approximate surface area is 115 Å². The Morgan fingerprint density at radius 1 is 1.25 bits per heavy atom. The first-order chi connectivity index (χ1) is 9.70. The molecule has 2 aromatic rings. The van der Waals surface area contributed by atoms with Gasteiger partial charge in [-0.15, -0.1) is 0 Å². The number of para-hydroxylation sites is 1. The fourth-order valence-electron chi connectivity index (χ4n) is 1.59. The van der Waals surface area contributed by atoms with Crippen LogP contribution in [0, 0.1) is 0 Å². The first kappa shape index (κ1) is 13.6. The summed E-state index contributed by atoms with van der Waals surface area (Å²) in [5, 5.41) is 2.26. The van der Waals surface area contributed by atoms with E-state index in [4.69, 9.17) is 9.15 Å². The Hall–Kier alpha value is -2.82. The molecule has 1 aromatic heterocycles. The SMILES string of the molecule is COc1ccccc1C(=O)NC(=O)/C=C/c1ccoc1. The maximum atomic E-state index is 11.9. The van der Waals surface area contributed by atoms with Crippen LogP contribution < -0.4 is 10.1 Å². The van der Waals surface area contributed by atoms with Gasteiger partial charge >= 0.3 is 0 Å². The number of furan rings is 1. The average molecular weight is 271 g/mol. The Morgan fingerprint density at radius 3 is 2.75 bits per heavy atom. The second-order valence-corrected chi connectivity index (χ2v) is 3.91. The van der Waals surface area contributed by atoms with Gasteiger partial charge in [-0.05, 0) is 24.3 Å². The number of carbonyl (C=O) groups excluding carboxylic acids is 2. The summed E-state index contributed by atoms with van der Waals surface area (Å²) in [5.41, 5.74) is 1.05. The van der Waals surface area contributed by atoms with Crippen LogP contribution in [0.15, 0.2) is 53.4 Å². The molecule has 1 N–H and O–H groups in total. The highest BCUT2D eigenvalue weighted by Crippen LogP contribution is 2.16. The highest BCUT2D eigenvalue weighted by Gasteiger charge is 2.12. The van der Waals surface area contributed by atoms with Crippen LogP contribution >= 0.6 is 0 Å². The minimum atomic E-state index is -0.512. The third-order valence-electron chi connectivity index (χ3n) is 2.56. The third kappa shape index (κ3) is 3.35. The molecule has 0 aliphatic rings. The van der Waals surface area contributed by atoms with E-state index in [1.54, 1.807) is 36.4 Å². The van der Waals surface area contributed by atoms with Gasteiger partial charge in [-0.3, -0.25) is 14.9 Å². The van der Waals surface area contributed by atoms with E-state index >= 15 is 0 Å². The Bertz CT molecular complexity index is 629. The topological polar surface area (TPSA) is 68.5 Å². The Balaban J connectivity index is 2.02. The van der Waals surface area contributed by atoms with Crippen molar-refractivity contribution < 1.29 is 18.7 Å². The van der Waals surface area contributed by atoms with Crippen LogP contribution in [-0.4, -0.2) is 18.9 Å². The van der Waals surface area contributed by atoms with Crippen molar-refractivity contribution in [1.29, 1.82) is 0 Å². The maximum Gasteiger partial charge on any atom is 0.261 e. The van der Waals surface area contributed by atoms with Gasteiger partial charge in [0.2, 0.25) is 0 Å². The van der Waals surface area contributed by atoms with Gasteiger partial charge in [-0.1, -0.05) is 12.1 Å². The largest absolute Gasteiger partial charge is 0.496 e. The van der Waals surface area contributed by atoms with Crippen molar-refractivity contribution in [2.75, 3.05) is 7.11 Å². The van der Waals surface area contributed by atoms with E-state index in [1.165, 1.54) is 25.7 Å². The molecule has 1 aromatic carbocycles. The Kier molecular flexibility index (Phi) is 4.34. The minimum Gasteiger partial charge on any atom is -0.496 e. The molecule has 0 unspecified atom stereocenters. The van der Waals surface area contributed by atoms with Crippen molar-refractivity contribution in [3.8, 4) is 5.75 Å². The number of imide groups is 1. The summed E-state index contributed by atoms with van der Waals surface area (Å²) in [6.07, 6.45) is 5.80. The van der Waals surface area contributed by atoms with Crippen LogP contribution in [0.25, 0.3) is 6.08 Å². The van der Waals surface area contributed by atoms with Crippen LogP contribution in [0.3, 0.4) is 0 Å². The number of hydrogen-bond donors (Lipinski definition) is 1. The number of nitrogens with one attached hydrogen (secondary N) is 1. The molecule has 0 aliphatic carbocycles. The number of benzene rings is 1. The lowest BCUT2D eigenvalue weighted by Crippen LogP contribution is -2.29. The van der Waals surface area contributed by atoms with Gasteiger partial charge in [-0.2, -0.15) is 0 Å². The summed E-state index contributed by atoms with van der Waals surface area (Å²) in [6, 6.07) is 8.38. The smallest absolute Gasteiger partial charge is 0.261 e. The highest BCUT2D eigenvalue weighted by molar-refractivity contribution is 6.10. The first-order valence-electron chi connectivity index (χ1n) is 5.89. The molecule has 0 radical (unpaired) electrons. The van der Waals surface area contributed by atoms with E-state index in [2.05, 4.69) is 5.32 Å². The number of amides is 2. The van der Waals surface area contributed by atoms with Crippen LogP contribution in [0.2, 0.25) is 0 Å². The number of hydrogen-bond acceptors (Lipinski definition) is 4. The summed E-state index contributed by atoms with van der Waals surface area (Å²) in [4.78, 5) is 23.6. The number of carbonyl (C=O) groups is 2. The fourth-order valence-corrected chi connectivity index (χ4v) is 1.59. The summed E-state index contributed by atoms with van der Waals surface area (Å²) in [7, 11) is 1.47. The molecule has 2 amide bonds. The zero-order valence-electron chi connectivity index (χ0n) is 10.8. The minimum absolute atomic E-state index is 0.306. The lowest BCUT2D eigenvalue weighted by atomic mass is 10.2. The van der Waals surface area contributed by atoms with Crippen molar-refractivity contribution in [1.82, 2.24) is 5.32 Å². The monoisotopic (exact) mass is 271 g/mol. The fraction of sp³-hybridized carbons (Fsp3) is 0.0667. The first-order valence-corrected chi connectivity index (χ1v) is 5.89. The molecule has 0 atom stereocenters. The van der Waals surface area contributed by atoms with Crippen LogP contribution in [0.4, 0.5) is 0 Å². The standard InChI is InChI=1S/C15H13NO4/c1-19-13-5-3-2-4-12(13)15(18)16-14(17)7-6-11-8-9-20-10-11/h2-10H,1H3,(H,16,17,18)/b7-6+. The van der Waals surface area contributed by atoms with Crippen molar-refractivity contribution >= 4 is 17.9 Å². The molecule has 0 saturated heterocycles. The van der Waals surface area contributed by atoms with Crippen molar-refractivity contribution in [3.05, 3.63) is 60.1 Å². The van der Waals surface area contributed by atoms with Gasteiger partial charge in [0, 0.05) is 11.6 Å². The second-order valence-electron chi connectivity index (χ2n) is 3.91. The zero-order valence-corrected chi connectivity index (χ0v) is 10.8. The molecule has 0 saturated carbocycles. The molecule has 1 heterocycles. The van der Waals surface area contributed by atoms with E-state index in [9.17, 15) is 9.59 Å². The Morgan fingerprint density at radius 2 is 2.05 bits per heavy atom. The van der Waals surface area contributed by atoms with E-state index in [-0.39, 0.29) is 0 Å². The molecule has 5 heteroatoms. The number of rotatable bonds is 4. The number of ether oxygens (including phenoxy) is 1. The van der Waals surface area contributed by atoms with Gasteiger partial charge in [-0.25, -0.2) is 0 Å². The average Bonchev–Trinajstić information content (AvgIpc) is 2.98. The molecule has 0 fully saturated rings. The van der Waals surface area contributed by atoms with Crippen LogP contribution in [0.1, 0.15) is 15.9 Å². The lowest BCUT2D eigenvalue weighted by Gasteiger charge is -2.06. The molecule has 2 rings (SSSR count). The van der Waals surface area contributed by atoms with Crippen molar-refractivity contribution in [3.63, 3.8) is 0 Å². The van der Waals surface area contributed by atoms with Gasteiger partial charge in [0.05, 0.1) is 25.2 Å². The highest BCUT2D eigenvalue weighted by atomic mass is 16.5. The molecule has 5 nitrogen and oxygen atoms in total. The van der Waals surface area contributed by atoms with Crippen LogP contribution in [-0.2, 0) is 4.79 Å².